The van der Waals surface area contributed by atoms with Crippen molar-refractivity contribution in [3.05, 3.63) is 142 Å². The Balaban J connectivity index is 1.66. The second-order valence-electron chi connectivity index (χ2n) is 8.24. The maximum absolute atomic E-state index is 12.6. The van der Waals surface area contributed by atoms with Gasteiger partial charge < -0.3 is 0 Å². The number of ether oxygens (including phenoxy) is 1. The molecule has 5 rings (SSSR count). The average Bonchev–Trinajstić information content (AvgIpc) is 3.69. The number of hydrogen-bond donors (Lipinski definition) is 1. The SMILES string of the molecule is COc1ccc(C2C/C2=C(\[Se]c2ccccc2)C(O)(c2ccccc2)c2ccccc2)cc1. The Morgan fingerprint density at radius 3 is 1.79 bits per heavy atom. The van der Waals surface area contributed by atoms with E-state index in [0.29, 0.717) is 5.92 Å². The summed E-state index contributed by atoms with van der Waals surface area (Å²) in [7, 11) is 1.69. The molecule has 1 fully saturated rings. The second kappa shape index (κ2) is 9.41. The normalized spacial score (nSPS) is 16.8. The van der Waals surface area contributed by atoms with Gasteiger partial charge in [-0.05, 0) is 0 Å². The number of benzene rings is 4. The van der Waals surface area contributed by atoms with E-state index in [2.05, 4.69) is 36.4 Å². The summed E-state index contributed by atoms with van der Waals surface area (Å²) in [6, 6.07) is 39.1. The van der Waals surface area contributed by atoms with Crippen molar-refractivity contribution in [1.82, 2.24) is 0 Å². The molecule has 0 amide bonds. The molecule has 2 nitrogen and oxygen atoms in total. The van der Waals surface area contributed by atoms with Crippen molar-refractivity contribution in [3.8, 4) is 5.75 Å². The summed E-state index contributed by atoms with van der Waals surface area (Å²) in [6.07, 6.45) is 0.970. The van der Waals surface area contributed by atoms with Crippen molar-refractivity contribution >= 4 is 19.4 Å². The van der Waals surface area contributed by atoms with E-state index < -0.39 is 5.60 Å². The Kier molecular flexibility index (Phi) is 6.19. The van der Waals surface area contributed by atoms with Crippen molar-refractivity contribution in [2.75, 3.05) is 7.11 Å². The first kappa shape index (κ1) is 21.7. The molecule has 4 aromatic carbocycles. The van der Waals surface area contributed by atoms with E-state index in [4.69, 9.17) is 4.74 Å². The van der Waals surface area contributed by atoms with Crippen LogP contribution in [0.5, 0.6) is 5.75 Å². The number of hydrogen-bond acceptors (Lipinski definition) is 2. The molecule has 0 radical (unpaired) electrons. The predicted octanol–water partition coefficient (Wildman–Crippen LogP) is 5.40. The summed E-state index contributed by atoms with van der Waals surface area (Å²) < 4.78 is 7.74. The molecule has 0 aromatic heterocycles. The molecule has 33 heavy (non-hydrogen) atoms. The van der Waals surface area contributed by atoms with E-state index in [1.165, 1.54) is 15.6 Å². The first-order valence-electron chi connectivity index (χ1n) is 11.1. The number of methoxy groups -OCH3 is 1. The molecule has 3 heteroatoms. The van der Waals surface area contributed by atoms with E-state index >= 15 is 0 Å². The molecule has 0 bridgehead atoms. The Hall–Kier alpha value is -3.10. The zero-order valence-corrected chi connectivity index (χ0v) is 20.2. The van der Waals surface area contributed by atoms with Gasteiger partial charge in [-0.25, -0.2) is 0 Å². The van der Waals surface area contributed by atoms with Gasteiger partial charge in [0.05, 0.1) is 0 Å². The zero-order valence-electron chi connectivity index (χ0n) is 18.5. The molecule has 1 atom stereocenters. The van der Waals surface area contributed by atoms with Crippen LogP contribution in [0.3, 0.4) is 0 Å². The topological polar surface area (TPSA) is 29.5 Å². The summed E-state index contributed by atoms with van der Waals surface area (Å²) in [5, 5.41) is 12.6. The molecule has 0 spiro atoms. The van der Waals surface area contributed by atoms with Gasteiger partial charge in [0.1, 0.15) is 0 Å². The molecule has 4 aromatic rings. The number of aliphatic hydroxyl groups is 1. The predicted molar refractivity (Wildman–Crippen MR) is 135 cm³/mol. The summed E-state index contributed by atoms with van der Waals surface area (Å²) in [5.41, 5.74) is 3.28. The molecule has 1 aliphatic rings. The van der Waals surface area contributed by atoms with E-state index in [0.717, 1.165) is 27.8 Å². The third-order valence-corrected chi connectivity index (χ3v) is 8.83. The van der Waals surface area contributed by atoms with E-state index in [1.54, 1.807) is 7.11 Å². The third kappa shape index (κ3) is 4.41. The minimum absolute atomic E-state index is 0.0295. The first-order valence-corrected chi connectivity index (χ1v) is 12.8. The summed E-state index contributed by atoms with van der Waals surface area (Å²) in [5.74, 6) is 1.19. The number of allylic oxidation sites excluding steroid dienone is 1. The van der Waals surface area contributed by atoms with Crippen LogP contribution in [-0.4, -0.2) is 27.2 Å². The van der Waals surface area contributed by atoms with E-state index in [1.807, 2.05) is 78.9 Å². The van der Waals surface area contributed by atoms with Gasteiger partial charge in [0, 0.05) is 0 Å². The van der Waals surface area contributed by atoms with Crippen LogP contribution in [0.4, 0.5) is 0 Å². The Labute approximate surface area is 201 Å². The van der Waals surface area contributed by atoms with Gasteiger partial charge in [-0.15, -0.1) is 0 Å². The fraction of sp³-hybridized carbons (Fsp3) is 0.133. The van der Waals surface area contributed by atoms with Crippen LogP contribution < -0.4 is 9.20 Å². The van der Waals surface area contributed by atoms with Crippen LogP contribution in [0.25, 0.3) is 0 Å². The van der Waals surface area contributed by atoms with Gasteiger partial charge in [0.2, 0.25) is 0 Å². The van der Waals surface area contributed by atoms with Gasteiger partial charge in [-0.1, -0.05) is 0 Å². The van der Waals surface area contributed by atoms with Crippen molar-refractivity contribution in [1.29, 1.82) is 0 Å². The molecular formula is C30H26O2Se. The Morgan fingerprint density at radius 1 is 0.758 bits per heavy atom. The second-order valence-corrected chi connectivity index (χ2v) is 10.5. The third-order valence-electron chi connectivity index (χ3n) is 6.17. The molecule has 1 aliphatic carbocycles. The zero-order chi connectivity index (χ0) is 22.7. The van der Waals surface area contributed by atoms with Crippen LogP contribution in [0, 0.1) is 0 Å². The maximum atomic E-state index is 12.6. The fourth-order valence-electron chi connectivity index (χ4n) is 4.33. The van der Waals surface area contributed by atoms with E-state index in [-0.39, 0.29) is 15.0 Å². The van der Waals surface area contributed by atoms with Gasteiger partial charge in [-0.3, -0.25) is 0 Å². The van der Waals surface area contributed by atoms with Crippen molar-refractivity contribution in [2.24, 2.45) is 0 Å². The molecule has 0 heterocycles. The summed E-state index contributed by atoms with van der Waals surface area (Å²) >= 11 is -0.0295. The van der Waals surface area contributed by atoms with Gasteiger partial charge in [0.15, 0.2) is 0 Å². The first-order chi connectivity index (χ1) is 16.2. The van der Waals surface area contributed by atoms with Gasteiger partial charge in [0.25, 0.3) is 0 Å². The molecule has 164 valence electrons. The van der Waals surface area contributed by atoms with Crippen LogP contribution in [0.2, 0.25) is 0 Å². The molecular weight excluding hydrogens is 471 g/mol. The molecule has 1 saturated carbocycles. The van der Waals surface area contributed by atoms with Crippen LogP contribution >= 0.6 is 0 Å². The number of rotatable bonds is 7. The Morgan fingerprint density at radius 2 is 1.27 bits per heavy atom. The van der Waals surface area contributed by atoms with Crippen LogP contribution in [0.15, 0.2) is 125 Å². The quantitative estimate of drug-likeness (QED) is 0.347. The van der Waals surface area contributed by atoms with Crippen molar-refractivity contribution in [2.45, 2.75) is 17.9 Å². The molecule has 0 aliphatic heterocycles. The van der Waals surface area contributed by atoms with Gasteiger partial charge in [-0.2, -0.15) is 0 Å². The van der Waals surface area contributed by atoms with Crippen molar-refractivity contribution < 1.29 is 9.84 Å². The average molecular weight is 497 g/mol. The summed E-state index contributed by atoms with van der Waals surface area (Å²) in [4.78, 5) is 0. The van der Waals surface area contributed by atoms with Crippen molar-refractivity contribution in [3.63, 3.8) is 0 Å². The molecule has 1 N–H and O–H groups in total. The molecule has 1 unspecified atom stereocenters. The van der Waals surface area contributed by atoms with Gasteiger partial charge >= 0.3 is 202 Å². The van der Waals surface area contributed by atoms with Crippen LogP contribution in [0.1, 0.15) is 29.0 Å². The fourth-order valence-corrected chi connectivity index (χ4v) is 7.00. The minimum atomic E-state index is -1.17. The standard InChI is InChI=1S/C30H26O2Se/c1-32-25-19-17-22(18-20-25)27-21-28(27)29(33-26-15-9-4-10-16-26)30(31,23-11-5-2-6-12-23)24-13-7-3-8-14-24/h2-20,27,31H,21H2,1H3/b29-28+. The monoisotopic (exact) mass is 498 g/mol. The molecule has 0 saturated heterocycles. The van der Waals surface area contributed by atoms with Crippen LogP contribution in [-0.2, 0) is 5.60 Å². The Bertz CT molecular complexity index is 1190. The summed E-state index contributed by atoms with van der Waals surface area (Å²) in [6.45, 7) is 0. The van der Waals surface area contributed by atoms with E-state index in [9.17, 15) is 5.11 Å².